The van der Waals surface area contributed by atoms with E-state index in [2.05, 4.69) is 34.0 Å². The minimum Gasteiger partial charge on any atom is -0.348 e. The van der Waals surface area contributed by atoms with Crippen molar-refractivity contribution in [2.24, 2.45) is 0 Å². The molecule has 0 aliphatic carbocycles. The van der Waals surface area contributed by atoms with Crippen molar-refractivity contribution in [3.8, 4) is 0 Å². The summed E-state index contributed by atoms with van der Waals surface area (Å²) in [7, 11) is 0. The predicted octanol–water partition coefficient (Wildman–Crippen LogP) is 2.55. The molecule has 0 aromatic carbocycles. The first-order valence-corrected chi connectivity index (χ1v) is 8.80. The molecule has 0 unspecified atom stereocenters. The van der Waals surface area contributed by atoms with Gasteiger partial charge in [-0.15, -0.1) is 11.3 Å². The van der Waals surface area contributed by atoms with Gasteiger partial charge < -0.3 is 5.32 Å². The minimum atomic E-state index is -0.0713. The Labute approximate surface area is 140 Å². The van der Waals surface area contributed by atoms with Gasteiger partial charge in [0.1, 0.15) is 5.69 Å². The number of rotatable bonds is 4. The van der Waals surface area contributed by atoms with E-state index in [9.17, 15) is 4.79 Å². The van der Waals surface area contributed by atoms with Gasteiger partial charge in [0.05, 0.1) is 10.7 Å². The van der Waals surface area contributed by atoms with Gasteiger partial charge in [-0.25, -0.2) is 4.98 Å². The summed E-state index contributed by atoms with van der Waals surface area (Å²) >= 11 is 1.79. The third-order valence-electron chi connectivity index (χ3n) is 4.19. The first-order chi connectivity index (χ1) is 11.1. The van der Waals surface area contributed by atoms with Crippen LogP contribution in [0.4, 0.5) is 0 Å². The van der Waals surface area contributed by atoms with Crippen molar-refractivity contribution < 1.29 is 4.79 Å². The molecule has 0 bridgehead atoms. The Morgan fingerprint density at radius 2 is 2.13 bits per heavy atom. The van der Waals surface area contributed by atoms with Crippen molar-refractivity contribution >= 4 is 17.2 Å². The molecule has 2 aromatic rings. The molecule has 1 aliphatic heterocycles. The van der Waals surface area contributed by atoms with E-state index < -0.39 is 0 Å². The van der Waals surface area contributed by atoms with Crippen molar-refractivity contribution in [3.05, 3.63) is 45.7 Å². The Morgan fingerprint density at radius 3 is 2.74 bits per heavy atom. The number of nitrogens with one attached hydrogen (secondary N) is 1. The number of hydrogen-bond acceptors (Lipinski definition) is 5. The van der Waals surface area contributed by atoms with Crippen LogP contribution in [0.25, 0.3) is 0 Å². The second kappa shape index (κ2) is 7.19. The second-order valence-corrected chi connectivity index (χ2v) is 7.27. The average molecular weight is 330 g/mol. The highest BCUT2D eigenvalue weighted by molar-refractivity contribution is 7.11. The molecule has 5 nitrogen and oxygen atoms in total. The molecule has 1 saturated heterocycles. The summed E-state index contributed by atoms with van der Waals surface area (Å²) in [6.07, 6.45) is 3.61. The maximum Gasteiger partial charge on any atom is 0.270 e. The SMILES string of the molecule is Cc1nc(C)c(CN2CCC(NC(=O)c3ccccn3)CC2)s1. The second-order valence-electron chi connectivity index (χ2n) is 5.98. The van der Waals surface area contributed by atoms with E-state index >= 15 is 0 Å². The molecule has 0 atom stereocenters. The van der Waals surface area contributed by atoms with Crippen LogP contribution in [0.5, 0.6) is 0 Å². The van der Waals surface area contributed by atoms with E-state index in [0.717, 1.165) is 43.2 Å². The lowest BCUT2D eigenvalue weighted by molar-refractivity contribution is 0.0904. The number of carbonyl (C=O) groups excluding carboxylic acids is 1. The van der Waals surface area contributed by atoms with Crippen LogP contribution in [0.15, 0.2) is 24.4 Å². The van der Waals surface area contributed by atoms with Crippen LogP contribution in [0.1, 0.15) is 38.9 Å². The lowest BCUT2D eigenvalue weighted by Crippen LogP contribution is -2.44. The normalized spacial score (nSPS) is 16.4. The molecular weight excluding hydrogens is 308 g/mol. The van der Waals surface area contributed by atoms with Gasteiger partial charge in [0.25, 0.3) is 5.91 Å². The van der Waals surface area contributed by atoms with Gasteiger partial charge in [-0.3, -0.25) is 14.7 Å². The fraction of sp³-hybridized carbons (Fsp3) is 0.471. The smallest absolute Gasteiger partial charge is 0.270 e. The summed E-state index contributed by atoms with van der Waals surface area (Å²) in [5.41, 5.74) is 1.64. The maximum absolute atomic E-state index is 12.1. The maximum atomic E-state index is 12.1. The lowest BCUT2D eigenvalue weighted by Gasteiger charge is -2.32. The number of likely N-dealkylation sites (tertiary alicyclic amines) is 1. The van der Waals surface area contributed by atoms with Crippen molar-refractivity contribution in [1.82, 2.24) is 20.2 Å². The van der Waals surface area contributed by atoms with E-state index in [4.69, 9.17) is 0 Å². The summed E-state index contributed by atoms with van der Waals surface area (Å²) in [6.45, 7) is 7.12. The van der Waals surface area contributed by atoms with E-state index in [1.807, 2.05) is 12.1 Å². The topological polar surface area (TPSA) is 58.1 Å². The Hall–Kier alpha value is -1.79. The van der Waals surface area contributed by atoms with Crippen LogP contribution >= 0.6 is 11.3 Å². The first kappa shape index (κ1) is 16.1. The number of carbonyl (C=O) groups is 1. The van der Waals surface area contributed by atoms with Gasteiger partial charge >= 0.3 is 0 Å². The minimum absolute atomic E-state index is 0.0713. The highest BCUT2D eigenvalue weighted by Gasteiger charge is 2.22. The lowest BCUT2D eigenvalue weighted by atomic mass is 10.0. The summed E-state index contributed by atoms with van der Waals surface area (Å²) < 4.78 is 0. The van der Waals surface area contributed by atoms with Crippen molar-refractivity contribution in [3.63, 3.8) is 0 Å². The quantitative estimate of drug-likeness (QED) is 0.936. The van der Waals surface area contributed by atoms with Gasteiger partial charge in [-0.05, 0) is 38.8 Å². The molecule has 1 N–H and O–H groups in total. The van der Waals surface area contributed by atoms with E-state index in [-0.39, 0.29) is 11.9 Å². The molecule has 0 saturated carbocycles. The highest BCUT2D eigenvalue weighted by Crippen LogP contribution is 2.21. The molecule has 1 fully saturated rings. The molecule has 0 spiro atoms. The van der Waals surface area contributed by atoms with Gasteiger partial charge in [0.2, 0.25) is 0 Å². The summed E-state index contributed by atoms with van der Waals surface area (Å²) in [5.74, 6) is -0.0713. The zero-order valence-electron chi connectivity index (χ0n) is 13.6. The van der Waals surface area contributed by atoms with Gasteiger partial charge in [0.15, 0.2) is 0 Å². The summed E-state index contributed by atoms with van der Waals surface area (Å²) in [6, 6.07) is 5.65. The molecule has 6 heteroatoms. The van der Waals surface area contributed by atoms with E-state index in [1.165, 1.54) is 4.88 Å². The molecule has 23 heavy (non-hydrogen) atoms. The van der Waals surface area contributed by atoms with E-state index in [0.29, 0.717) is 5.69 Å². The number of thiazole rings is 1. The van der Waals surface area contributed by atoms with Crippen LogP contribution in [0.2, 0.25) is 0 Å². The number of aryl methyl sites for hydroxylation is 2. The zero-order valence-corrected chi connectivity index (χ0v) is 14.4. The fourth-order valence-electron chi connectivity index (χ4n) is 2.92. The van der Waals surface area contributed by atoms with Gasteiger partial charge in [0, 0.05) is 36.8 Å². The molecule has 3 rings (SSSR count). The monoisotopic (exact) mass is 330 g/mol. The third-order valence-corrected chi connectivity index (χ3v) is 5.24. The molecule has 1 amide bonds. The number of nitrogens with zero attached hydrogens (tertiary/aromatic N) is 3. The molecule has 3 heterocycles. The number of pyridine rings is 1. The average Bonchev–Trinajstić information content (AvgIpc) is 2.87. The first-order valence-electron chi connectivity index (χ1n) is 7.99. The third kappa shape index (κ3) is 4.14. The Kier molecular flexibility index (Phi) is 5.03. The largest absolute Gasteiger partial charge is 0.348 e. The number of piperidine rings is 1. The van der Waals surface area contributed by atoms with Crippen LogP contribution in [-0.4, -0.2) is 39.9 Å². The Balaban J connectivity index is 1.49. The molecule has 0 radical (unpaired) electrons. The molecule has 1 aliphatic rings. The molecular formula is C17H22N4OS. The van der Waals surface area contributed by atoms with E-state index in [1.54, 1.807) is 23.6 Å². The summed E-state index contributed by atoms with van der Waals surface area (Å²) in [4.78, 5) is 24.5. The van der Waals surface area contributed by atoms with Crippen LogP contribution < -0.4 is 5.32 Å². The fourth-order valence-corrected chi connectivity index (χ4v) is 3.89. The van der Waals surface area contributed by atoms with Gasteiger partial charge in [-0.1, -0.05) is 6.07 Å². The molecule has 122 valence electrons. The van der Waals surface area contributed by atoms with Crippen molar-refractivity contribution in [1.29, 1.82) is 0 Å². The standard InChI is InChI=1S/C17H22N4OS/c1-12-16(23-13(2)19-12)11-21-9-6-14(7-10-21)20-17(22)15-5-3-4-8-18-15/h3-5,8,14H,6-7,9-11H2,1-2H3,(H,20,22). The predicted molar refractivity (Wildman–Crippen MR) is 91.6 cm³/mol. The highest BCUT2D eigenvalue weighted by atomic mass is 32.1. The Morgan fingerprint density at radius 1 is 1.35 bits per heavy atom. The van der Waals surface area contributed by atoms with Crippen LogP contribution in [0, 0.1) is 13.8 Å². The van der Waals surface area contributed by atoms with Crippen molar-refractivity contribution in [2.45, 2.75) is 39.3 Å². The number of hydrogen-bond donors (Lipinski definition) is 1. The Bertz CT molecular complexity index is 662. The summed E-state index contributed by atoms with van der Waals surface area (Å²) in [5, 5.41) is 4.23. The van der Waals surface area contributed by atoms with Gasteiger partial charge in [-0.2, -0.15) is 0 Å². The number of aromatic nitrogens is 2. The number of amides is 1. The zero-order chi connectivity index (χ0) is 16.2. The van der Waals surface area contributed by atoms with Crippen LogP contribution in [0.3, 0.4) is 0 Å². The van der Waals surface area contributed by atoms with Crippen molar-refractivity contribution in [2.75, 3.05) is 13.1 Å². The molecule has 2 aromatic heterocycles. The van der Waals surface area contributed by atoms with Crippen LogP contribution in [-0.2, 0) is 6.54 Å².